The number of rotatable bonds is 3. The number of hydrogen-bond acceptors (Lipinski definition) is 2. The maximum absolute atomic E-state index is 12.8. The second-order valence-corrected chi connectivity index (χ2v) is 5.39. The minimum Gasteiger partial charge on any atom is -0.381 e. The van der Waals surface area contributed by atoms with Crippen molar-refractivity contribution in [3.05, 3.63) is 47.7 Å². The van der Waals surface area contributed by atoms with Gasteiger partial charge >= 0.3 is 6.18 Å². The fraction of sp³-hybridized carbons (Fsp3) is 0.312. The SMILES string of the molecule is Cc1cc(NC2CC2)cnc1-c1cccc(C(F)(F)F)c1.Cl. The van der Waals surface area contributed by atoms with Gasteiger partial charge in [-0.05, 0) is 43.5 Å². The van der Waals surface area contributed by atoms with Gasteiger partial charge in [0.2, 0.25) is 0 Å². The lowest BCUT2D eigenvalue weighted by Gasteiger charge is -2.11. The van der Waals surface area contributed by atoms with Crippen molar-refractivity contribution in [1.29, 1.82) is 0 Å². The molecule has 1 N–H and O–H groups in total. The standard InChI is InChI=1S/C16H15F3N2.ClH/c1-10-7-14(21-13-5-6-13)9-20-15(10)11-3-2-4-12(8-11)16(17,18)19;/h2-4,7-9,13,21H,5-6H2,1H3;1H. The highest BCUT2D eigenvalue weighted by Gasteiger charge is 2.30. The zero-order valence-electron chi connectivity index (χ0n) is 11.9. The van der Waals surface area contributed by atoms with E-state index in [1.54, 1.807) is 12.3 Å². The fourth-order valence-electron chi connectivity index (χ4n) is 2.26. The first-order chi connectivity index (χ1) is 9.93. The van der Waals surface area contributed by atoms with Crippen LogP contribution in [0.3, 0.4) is 0 Å². The van der Waals surface area contributed by atoms with Gasteiger partial charge < -0.3 is 5.32 Å². The van der Waals surface area contributed by atoms with Gasteiger partial charge in [-0.2, -0.15) is 13.2 Å². The first kappa shape index (κ1) is 16.6. The number of aryl methyl sites for hydroxylation is 1. The van der Waals surface area contributed by atoms with Crippen molar-refractivity contribution in [2.75, 3.05) is 5.32 Å². The lowest BCUT2D eigenvalue weighted by Crippen LogP contribution is -2.05. The molecule has 0 spiro atoms. The highest BCUT2D eigenvalue weighted by Crippen LogP contribution is 2.33. The number of nitrogens with one attached hydrogen (secondary N) is 1. The summed E-state index contributed by atoms with van der Waals surface area (Å²) in [7, 11) is 0. The van der Waals surface area contributed by atoms with Gasteiger partial charge in [0.15, 0.2) is 0 Å². The molecular formula is C16H16ClF3N2. The summed E-state index contributed by atoms with van der Waals surface area (Å²) in [5, 5.41) is 3.33. The molecule has 22 heavy (non-hydrogen) atoms. The van der Waals surface area contributed by atoms with Crippen LogP contribution in [0.2, 0.25) is 0 Å². The third-order valence-electron chi connectivity index (χ3n) is 3.49. The van der Waals surface area contributed by atoms with Crippen molar-refractivity contribution in [2.24, 2.45) is 0 Å². The molecule has 1 aliphatic carbocycles. The molecule has 0 atom stereocenters. The lowest BCUT2D eigenvalue weighted by atomic mass is 10.0. The van der Waals surface area contributed by atoms with Gasteiger partial charge in [-0.25, -0.2) is 0 Å². The first-order valence-electron chi connectivity index (χ1n) is 6.84. The van der Waals surface area contributed by atoms with E-state index in [0.717, 1.165) is 36.2 Å². The maximum atomic E-state index is 12.8. The Hall–Kier alpha value is -1.75. The van der Waals surface area contributed by atoms with Gasteiger partial charge in [0, 0.05) is 11.6 Å². The van der Waals surface area contributed by atoms with E-state index in [2.05, 4.69) is 10.3 Å². The van der Waals surface area contributed by atoms with E-state index in [9.17, 15) is 13.2 Å². The quantitative estimate of drug-likeness (QED) is 0.850. The Bertz CT molecular complexity index is 667. The fourth-order valence-corrected chi connectivity index (χ4v) is 2.26. The maximum Gasteiger partial charge on any atom is 0.416 e. The summed E-state index contributed by atoms with van der Waals surface area (Å²) in [6, 6.07) is 7.73. The number of nitrogens with zero attached hydrogens (tertiary/aromatic N) is 1. The largest absolute Gasteiger partial charge is 0.416 e. The predicted molar refractivity (Wildman–Crippen MR) is 83.3 cm³/mol. The third kappa shape index (κ3) is 3.71. The number of alkyl halides is 3. The van der Waals surface area contributed by atoms with Crippen LogP contribution in [-0.4, -0.2) is 11.0 Å². The van der Waals surface area contributed by atoms with Crippen LogP contribution in [-0.2, 0) is 6.18 Å². The molecule has 0 unspecified atom stereocenters. The van der Waals surface area contributed by atoms with E-state index in [1.165, 1.54) is 6.07 Å². The lowest BCUT2D eigenvalue weighted by molar-refractivity contribution is -0.137. The highest BCUT2D eigenvalue weighted by molar-refractivity contribution is 5.85. The molecule has 6 heteroatoms. The zero-order chi connectivity index (χ0) is 15.0. The summed E-state index contributed by atoms with van der Waals surface area (Å²) in [4.78, 5) is 4.32. The first-order valence-corrected chi connectivity index (χ1v) is 6.84. The van der Waals surface area contributed by atoms with Crippen molar-refractivity contribution in [1.82, 2.24) is 4.98 Å². The van der Waals surface area contributed by atoms with E-state index in [-0.39, 0.29) is 12.4 Å². The van der Waals surface area contributed by atoms with Gasteiger partial charge in [0.25, 0.3) is 0 Å². The summed E-state index contributed by atoms with van der Waals surface area (Å²) in [5.41, 5.74) is 2.20. The van der Waals surface area contributed by atoms with Crippen molar-refractivity contribution >= 4 is 18.1 Å². The molecule has 2 nitrogen and oxygen atoms in total. The minimum absolute atomic E-state index is 0. The minimum atomic E-state index is -4.34. The van der Waals surface area contributed by atoms with Crippen LogP contribution in [0.15, 0.2) is 36.5 Å². The Morgan fingerprint density at radius 1 is 1.18 bits per heavy atom. The zero-order valence-corrected chi connectivity index (χ0v) is 12.8. The second kappa shape index (κ2) is 6.16. The Morgan fingerprint density at radius 2 is 1.91 bits per heavy atom. The van der Waals surface area contributed by atoms with E-state index in [4.69, 9.17) is 0 Å². The Kier molecular flexibility index (Phi) is 4.66. The normalized spacial score (nSPS) is 14.4. The van der Waals surface area contributed by atoms with E-state index in [0.29, 0.717) is 17.3 Å². The molecule has 0 aliphatic heterocycles. The number of anilines is 1. The van der Waals surface area contributed by atoms with Gasteiger partial charge in [-0.15, -0.1) is 12.4 Å². The number of benzene rings is 1. The summed E-state index contributed by atoms with van der Waals surface area (Å²) < 4.78 is 38.3. The van der Waals surface area contributed by atoms with Crippen LogP contribution in [0.5, 0.6) is 0 Å². The van der Waals surface area contributed by atoms with Crippen molar-refractivity contribution in [2.45, 2.75) is 32.0 Å². The molecule has 0 saturated heterocycles. The molecule has 1 aromatic carbocycles. The molecule has 2 aromatic rings. The topological polar surface area (TPSA) is 24.9 Å². The monoisotopic (exact) mass is 328 g/mol. The molecule has 0 bridgehead atoms. The number of hydrogen-bond donors (Lipinski definition) is 1. The van der Waals surface area contributed by atoms with Crippen molar-refractivity contribution in [3.8, 4) is 11.3 Å². The van der Waals surface area contributed by atoms with Gasteiger partial charge in [0.1, 0.15) is 0 Å². The Balaban J connectivity index is 0.00000176. The van der Waals surface area contributed by atoms with Crippen LogP contribution < -0.4 is 5.32 Å². The second-order valence-electron chi connectivity index (χ2n) is 5.39. The van der Waals surface area contributed by atoms with E-state index in [1.807, 2.05) is 13.0 Å². The summed E-state index contributed by atoms with van der Waals surface area (Å²) in [6.07, 6.45) is -0.332. The molecule has 1 fully saturated rings. The van der Waals surface area contributed by atoms with Crippen LogP contribution >= 0.6 is 12.4 Å². The van der Waals surface area contributed by atoms with Gasteiger partial charge in [-0.1, -0.05) is 12.1 Å². The summed E-state index contributed by atoms with van der Waals surface area (Å²) >= 11 is 0. The predicted octanol–water partition coefficient (Wildman–Crippen LogP) is 5.07. The van der Waals surface area contributed by atoms with Crippen molar-refractivity contribution in [3.63, 3.8) is 0 Å². The number of aromatic nitrogens is 1. The molecule has 1 saturated carbocycles. The Morgan fingerprint density at radius 3 is 2.50 bits per heavy atom. The number of halogens is 4. The summed E-state index contributed by atoms with van der Waals surface area (Å²) in [6.45, 7) is 1.86. The van der Waals surface area contributed by atoms with E-state index < -0.39 is 11.7 Å². The Labute approximate surface area is 133 Å². The molecule has 0 radical (unpaired) electrons. The molecule has 1 aliphatic rings. The van der Waals surface area contributed by atoms with Crippen LogP contribution in [0.25, 0.3) is 11.3 Å². The molecule has 3 rings (SSSR count). The van der Waals surface area contributed by atoms with E-state index >= 15 is 0 Å². The number of pyridine rings is 1. The van der Waals surface area contributed by atoms with Crippen molar-refractivity contribution < 1.29 is 13.2 Å². The van der Waals surface area contributed by atoms with Crippen LogP contribution in [0.4, 0.5) is 18.9 Å². The molecule has 0 amide bonds. The molecular weight excluding hydrogens is 313 g/mol. The summed E-state index contributed by atoms with van der Waals surface area (Å²) in [5.74, 6) is 0. The highest BCUT2D eigenvalue weighted by atomic mass is 35.5. The van der Waals surface area contributed by atoms with Crippen LogP contribution in [0, 0.1) is 6.92 Å². The smallest absolute Gasteiger partial charge is 0.381 e. The third-order valence-corrected chi connectivity index (χ3v) is 3.49. The van der Waals surface area contributed by atoms with Crippen LogP contribution in [0.1, 0.15) is 24.0 Å². The molecule has 1 heterocycles. The molecule has 118 valence electrons. The average Bonchev–Trinajstić information content (AvgIpc) is 3.22. The van der Waals surface area contributed by atoms with Gasteiger partial charge in [-0.3, -0.25) is 4.98 Å². The van der Waals surface area contributed by atoms with Gasteiger partial charge in [0.05, 0.1) is 23.1 Å². The average molecular weight is 329 g/mol. The molecule has 1 aromatic heterocycles.